The Labute approximate surface area is 240 Å². The first-order chi connectivity index (χ1) is 19.1. The highest BCUT2D eigenvalue weighted by Crippen LogP contribution is 2.37. The maximum atomic E-state index is 12.8. The molecule has 1 amide bonds. The summed E-state index contributed by atoms with van der Waals surface area (Å²) in [5, 5.41) is 9.53. The lowest BCUT2D eigenvalue weighted by Gasteiger charge is -2.31. The number of alkyl halides is 1. The Morgan fingerprint density at radius 2 is 1.90 bits per heavy atom. The van der Waals surface area contributed by atoms with Gasteiger partial charge in [0.1, 0.15) is 24.1 Å². The van der Waals surface area contributed by atoms with Crippen molar-refractivity contribution < 1.29 is 14.1 Å². The highest BCUT2D eigenvalue weighted by molar-refractivity contribution is 7.70. The van der Waals surface area contributed by atoms with Crippen molar-refractivity contribution in [3.8, 4) is 5.75 Å². The molecule has 10 nitrogen and oxygen atoms in total. The molecule has 0 aliphatic carbocycles. The fourth-order valence-electron chi connectivity index (χ4n) is 4.38. The van der Waals surface area contributed by atoms with Gasteiger partial charge in [-0.15, -0.1) is 11.6 Å². The van der Waals surface area contributed by atoms with Crippen molar-refractivity contribution in [2.45, 2.75) is 11.7 Å². The summed E-state index contributed by atoms with van der Waals surface area (Å²) in [6, 6.07) is 12.7. The normalized spacial score (nSPS) is 20.3. The fraction of sp³-hybridized carbons (Fsp3) is 0.393. The van der Waals surface area contributed by atoms with Crippen LogP contribution in [0.15, 0.2) is 64.6 Å². The summed E-state index contributed by atoms with van der Waals surface area (Å²) in [7, 11) is 1.16. The van der Waals surface area contributed by atoms with Crippen LogP contribution in [0.4, 0.5) is 17.1 Å². The topological polar surface area (TPSA) is 111 Å². The maximum Gasteiger partial charge on any atom is 0.248 e. The number of methoxy groups -OCH3 is 1. The average Bonchev–Trinajstić information content (AvgIpc) is 2.91. The van der Waals surface area contributed by atoms with Crippen molar-refractivity contribution in [3.63, 3.8) is 0 Å². The number of anilines is 3. The molecule has 2 aliphatic rings. The number of halogens is 1. The quantitative estimate of drug-likeness (QED) is 0.234. The molecule has 40 heavy (non-hydrogen) atoms. The summed E-state index contributed by atoms with van der Waals surface area (Å²) in [5.41, 5.74) is 1.90. The van der Waals surface area contributed by atoms with Crippen molar-refractivity contribution in [2.75, 3.05) is 76.2 Å². The number of aliphatic imine (C=N–C) groups is 2. The number of para-hydroxylation sites is 1. The number of benzene rings is 2. The van der Waals surface area contributed by atoms with Crippen LogP contribution in [0.2, 0.25) is 0 Å². The van der Waals surface area contributed by atoms with Gasteiger partial charge < -0.3 is 30.2 Å². The standard InChI is InChI=1S/C28H37ClN7O3P/c1-35-14-16-36(17-15-35)13-7-10-26(37)31-20-11-12-24(39-2)23(18-20)33-28-30-19-21(29)27(34-28)32-22-8-5-6-9-25(22)40(3,4)38/h5-12,18-19,21,28,33H,13-17H2,1-4H3,(H,31,37)(H,32,34). The maximum absolute atomic E-state index is 12.8. The van der Waals surface area contributed by atoms with Crippen LogP contribution >= 0.6 is 18.7 Å². The van der Waals surface area contributed by atoms with Crippen LogP contribution in [-0.4, -0.2) is 99.6 Å². The van der Waals surface area contributed by atoms with E-state index in [1.807, 2.05) is 30.3 Å². The summed E-state index contributed by atoms with van der Waals surface area (Å²) in [6.45, 7) is 8.25. The Morgan fingerprint density at radius 1 is 1.15 bits per heavy atom. The van der Waals surface area contributed by atoms with Gasteiger partial charge in [0.25, 0.3) is 0 Å². The largest absolute Gasteiger partial charge is 0.495 e. The molecule has 12 heteroatoms. The van der Waals surface area contributed by atoms with E-state index < -0.39 is 18.8 Å². The number of amides is 1. The number of carbonyl (C=O) groups is 1. The molecule has 2 aromatic carbocycles. The Bertz CT molecular complexity index is 1330. The van der Waals surface area contributed by atoms with Gasteiger partial charge in [-0.25, -0.2) is 9.98 Å². The molecular formula is C28H37ClN7O3P. The van der Waals surface area contributed by atoms with Gasteiger partial charge in [0.05, 0.1) is 18.5 Å². The Kier molecular flexibility index (Phi) is 10.0. The lowest BCUT2D eigenvalue weighted by molar-refractivity contribution is -0.111. The number of amidine groups is 1. The number of piperazine rings is 1. The highest BCUT2D eigenvalue weighted by Gasteiger charge is 2.23. The molecule has 2 aliphatic heterocycles. The number of nitrogens with zero attached hydrogens (tertiary/aromatic N) is 4. The van der Waals surface area contributed by atoms with Crippen LogP contribution in [0.1, 0.15) is 0 Å². The van der Waals surface area contributed by atoms with E-state index in [1.54, 1.807) is 50.9 Å². The van der Waals surface area contributed by atoms with Crippen molar-refractivity contribution in [1.29, 1.82) is 0 Å². The van der Waals surface area contributed by atoms with Crippen LogP contribution in [0.3, 0.4) is 0 Å². The van der Waals surface area contributed by atoms with E-state index in [-0.39, 0.29) is 5.91 Å². The molecular weight excluding hydrogens is 549 g/mol. The average molecular weight is 586 g/mol. The number of carbonyl (C=O) groups excluding carboxylic acids is 1. The lowest BCUT2D eigenvalue weighted by atomic mass is 10.2. The van der Waals surface area contributed by atoms with Crippen LogP contribution < -0.4 is 26.0 Å². The van der Waals surface area contributed by atoms with Gasteiger partial charge in [-0.1, -0.05) is 18.2 Å². The summed E-state index contributed by atoms with van der Waals surface area (Å²) in [6.07, 6.45) is 4.36. The van der Waals surface area contributed by atoms with E-state index in [1.165, 1.54) is 0 Å². The predicted octanol–water partition coefficient (Wildman–Crippen LogP) is 3.58. The first-order valence-electron chi connectivity index (χ1n) is 13.1. The van der Waals surface area contributed by atoms with Crippen molar-refractivity contribution in [2.24, 2.45) is 9.98 Å². The van der Waals surface area contributed by atoms with E-state index in [4.69, 9.17) is 16.3 Å². The van der Waals surface area contributed by atoms with Gasteiger partial charge >= 0.3 is 0 Å². The molecule has 3 N–H and O–H groups in total. The zero-order chi connectivity index (χ0) is 28.7. The van der Waals surface area contributed by atoms with Gasteiger partial charge in [0.2, 0.25) is 12.2 Å². The van der Waals surface area contributed by atoms with E-state index in [9.17, 15) is 9.36 Å². The van der Waals surface area contributed by atoms with E-state index in [0.29, 0.717) is 28.6 Å². The van der Waals surface area contributed by atoms with Gasteiger partial charge in [-0.3, -0.25) is 9.69 Å². The van der Waals surface area contributed by atoms with E-state index in [0.717, 1.165) is 38.0 Å². The minimum atomic E-state index is -2.53. The second-order valence-corrected chi connectivity index (χ2v) is 13.8. The minimum absolute atomic E-state index is 0.210. The van der Waals surface area contributed by atoms with Gasteiger partial charge in [0.15, 0.2) is 0 Å². The molecule has 4 rings (SSSR count). The molecule has 0 radical (unpaired) electrons. The van der Waals surface area contributed by atoms with Gasteiger partial charge in [0, 0.05) is 56.0 Å². The zero-order valence-corrected chi connectivity index (χ0v) is 25.0. The van der Waals surface area contributed by atoms with E-state index in [2.05, 4.69) is 42.8 Å². The second kappa shape index (κ2) is 13.5. The van der Waals surface area contributed by atoms with Crippen molar-refractivity contribution >= 4 is 59.1 Å². The molecule has 2 atom stereocenters. The lowest BCUT2D eigenvalue weighted by Crippen LogP contribution is -2.44. The van der Waals surface area contributed by atoms with Crippen molar-refractivity contribution in [3.05, 3.63) is 54.6 Å². The molecule has 1 fully saturated rings. The van der Waals surface area contributed by atoms with Crippen LogP contribution in [0, 0.1) is 0 Å². The summed E-state index contributed by atoms with van der Waals surface area (Å²) in [5.74, 6) is 0.835. The Balaban J connectivity index is 1.43. The third-order valence-corrected chi connectivity index (χ3v) is 8.48. The number of nitrogens with one attached hydrogen (secondary N) is 3. The van der Waals surface area contributed by atoms with Crippen LogP contribution in [0.25, 0.3) is 0 Å². The molecule has 0 saturated carbocycles. The van der Waals surface area contributed by atoms with Gasteiger partial charge in [-0.05, 0) is 50.7 Å². The zero-order valence-electron chi connectivity index (χ0n) is 23.3. The Hall–Kier alpha value is -3.17. The number of hydrogen-bond donors (Lipinski definition) is 3. The number of rotatable bonds is 9. The monoisotopic (exact) mass is 585 g/mol. The second-order valence-electron chi connectivity index (χ2n) is 10.1. The minimum Gasteiger partial charge on any atom is -0.495 e. The van der Waals surface area contributed by atoms with Gasteiger partial charge in [-0.2, -0.15) is 0 Å². The smallest absolute Gasteiger partial charge is 0.248 e. The molecule has 2 aromatic rings. The summed E-state index contributed by atoms with van der Waals surface area (Å²) < 4.78 is 18.3. The SMILES string of the molecule is COc1ccc(NC(=O)C=CCN2CCN(C)CC2)cc1NC1N=CC(Cl)C(Nc2ccccc2P(C)(C)=O)=N1. The predicted molar refractivity (Wildman–Crippen MR) is 167 cm³/mol. The molecule has 1 saturated heterocycles. The molecule has 2 heterocycles. The van der Waals surface area contributed by atoms with Crippen molar-refractivity contribution in [1.82, 2.24) is 9.80 Å². The first kappa shape index (κ1) is 29.8. The molecule has 214 valence electrons. The Morgan fingerprint density at radius 3 is 2.62 bits per heavy atom. The number of hydrogen-bond acceptors (Lipinski definition) is 9. The molecule has 0 spiro atoms. The number of ether oxygens (including phenoxy) is 1. The number of likely N-dealkylation sites (N-methyl/N-ethyl adjacent to an activating group) is 1. The molecule has 0 bridgehead atoms. The van der Waals surface area contributed by atoms with Crippen LogP contribution in [-0.2, 0) is 9.36 Å². The third kappa shape index (κ3) is 8.17. The third-order valence-electron chi connectivity index (χ3n) is 6.61. The van der Waals surface area contributed by atoms with E-state index >= 15 is 0 Å². The fourth-order valence-corrected chi connectivity index (χ4v) is 5.71. The summed E-state index contributed by atoms with van der Waals surface area (Å²) in [4.78, 5) is 26.2. The first-order valence-corrected chi connectivity index (χ1v) is 16.2. The summed E-state index contributed by atoms with van der Waals surface area (Å²) >= 11 is 6.48. The van der Waals surface area contributed by atoms with Crippen LogP contribution in [0.5, 0.6) is 5.75 Å². The molecule has 0 aromatic heterocycles. The highest BCUT2D eigenvalue weighted by atomic mass is 35.5. The molecule has 2 unspecified atom stereocenters.